The Morgan fingerprint density at radius 1 is 1.18 bits per heavy atom. The monoisotopic (exact) mass is 300 g/mol. The van der Waals surface area contributed by atoms with E-state index < -0.39 is 12.1 Å². The fourth-order valence-electron chi connectivity index (χ4n) is 2.29. The summed E-state index contributed by atoms with van der Waals surface area (Å²) in [5.74, 6) is 0.104. The van der Waals surface area contributed by atoms with Crippen LogP contribution in [0, 0.1) is 13.8 Å². The summed E-state index contributed by atoms with van der Waals surface area (Å²) in [6.45, 7) is 4.28. The average molecular weight is 300 g/mol. The van der Waals surface area contributed by atoms with Crippen molar-refractivity contribution >= 4 is 5.97 Å². The molecule has 0 saturated carbocycles. The van der Waals surface area contributed by atoms with Gasteiger partial charge in [0, 0.05) is 0 Å². The summed E-state index contributed by atoms with van der Waals surface area (Å²) in [6.07, 6.45) is -1.30. The third kappa shape index (κ3) is 3.65. The lowest BCUT2D eigenvalue weighted by Gasteiger charge is -2.15. The van der Waals surface area contributed by atoms with Gasteiger partial charge in [0.15, 0.2) is 6.10 Å². The van der Waals surface area contributed by atoms with E-state index in [0.29, 0.717) is 5.56 Å². The van der Waals surface area contributed by atoms with Crippen molar-refractivity contribution in [2.75, 3.05) is 7.11 Å². The van der Waals surface area contributed by atoms with E-state index in [4.69, 9.17) is 4.74 Å². The van der Waals surface area contributed by atoms with E-state index in [1.807, 2.05) is 44.2 Å². The summed E-state index contributed by atoms with van der Waals surface area (Å²) in [4.78, 5) is 11.5. The molecule has 2 rings (SSSR count). The molecular weight excluding hydrogens is 280 g/mol. The molecule has 2 aromatic carbocycles. The molecule has 4 heteroatoms. The highest BCUT2D eigenvalue weighted by Gasteiger charge is 2.20. The van der Waals surface area contributed by atoms with E-state index in [0.717, 1.165) is 16.9 Å². The molecule has 1 N–H and O–H groups in total. The van der Waals surface area contributed by atoms with Gasteiger partial charge in [-0.3, -0.25) is 0 Å². The Balaban J connectivity index is 2.18. The number of esters is 1. The summed E-state index contributed by atoms with van der Waals surface area (Å²) in [5, 5.41) is 10.0. The Labute approximate surface area is 130 Å². The molecule has 4 nitrogen and oxygen atoms in total. The van der Waals surface area contributed by atoms with Crippen LogP contribution in [0.2, 0.25) is 0 Å². The molecule has 0 fully saturated rings. The van der Waals surface area contributed by atoms with Crippen molar-refractivity contribution in [1.29, 1.82) is 0 Å². The SMILES string of the molecule is COC(=O)[C@H](O)c1ccccc1COc1ccc(C)cc1C. The number of carbonyl (C=O) groups excluding carboxylic acids is 1. The molecule has 0 amide bonds. The van der Waals surface area contributed by atoms with Gasteiger partial charge in [0.25, 0.3) is 0 Å². The standard InChI is InChI=1S/C18H20O4/c1-12-8-9-16(13(2)10-12)22-11-14-6-4-5-7-15(14)17(19)18(20)21-3/h4-10,17,19H,11H2,1-3H3/t17-/m1/s1. The summed E-state index contributed by atoms with van der Waals surface area (Å²) < 4.78 is 10.4. The Kier molecular flexibility index (Phi) is 5.17. The lowest BCUT2D eigenvalue weighted by molar-refractivity contribution is -0.150. The van der Waals surface area contributed by atoms with Gasteiger partial charge in [0.2, 0.25) is 0 Å². The van der Waals surface area contributed by atoms with Crippen molar-refractivity contribution in [3.63, 3.8) is 0 Å². The minimum Gasteiger partial charge on any atom is -0.489 e. The predicted molar refractivity (Wildman–Crippen MR) is 83.7 cm³/mol. The third-order valence-corrected chi connectivity index (χ3v) is 3.49. The first-order valence-electron chi connectivity index (χ1n) is 7.06. The average Bonchev–Trinajstić information content (AvgIpc) is 2.53. The summed E-state index contributed by atoms with van der Waals surface area (Å²) in [5.41, 5.74) is 3.47. The topological polar surface area (TPSA) is 55.8 Å². The Morgan fingerprint density at radius 2 is 1.91 bits per heavy atom. The van der Waals surface area contributed by atoms with Crippen LogP contribution in [0.3, 0.4) is 0 Å². The van der Waals surface area contributed by atoms with Crippen molar-refractivity contribution in [3.05, 3.63) is 64.7 Å². The van der Waals surface area contributed by atoms with E-state index >= 15 is 0 Å². The van der Waals surface area contributed by atoms with Crippen molar-refractivity contribution in [3.8, 4) is 5.75 Å². The largest absolute Gasteiger partial charge is 0.489 e. The van der Waals surface area contributed by atoms with E-state index in [2.05, 4.69) is 4.74 Å². The van der Waals surface area contributed by atoms with Crippen molar-refractivity contribution in [2.45, 2.75) is 26.6 Å². The second-order valence-electron chi connectivity index (χ2n) is 5.18. The first-order chi connectivity index (χ1) is 10.5. The number of hydrogen-bond donors (Lipinski definition) is 1. The lowest BCUT2D eigenvalue weighted by atomic mass is 10.0. The van der Waals surface area contributed by atoms with Crippen LogP contribution in [0.1, 0.15) is 28.4 Å². The van der Waals surface area contributed by atoms with Crippen LogP contribution < -0.4 is 4.74 Å². The van der Waals surface area contributed by atoms with Gasteiger partial charge in [-0.15, -0.1) is 0 Å². The predicted octanol–water partition coefficient (Wildman–Crippen LogP) is 3.09. The number of aliphatic hydroxyl groups is 1. The zero-order chi connectivity index (χ0) is 16.1. The fourth-order valence-corrected chi connectivity index (χ4v) is 2.29. The van der Waals surface area contributed by atoms with Crippen LogP contribution in [0.4, 0.5) is 0 Å². The quantitative estimate of drug-likeness (QED) is 0.862. The number of aryl methyl sites for hydroxylation is 2. The zero-order valence-electron chi connectivity index (χ0n) is 13.0. The van der Waals surface area contributed by atoms with Crippen LogP contribution in [0.15, 0.2) is 42.5 Å². The smallest absolute Gasteiger partial charge is 0.339 e. The van der Waals surface area contributed by atoms with Gasteiger partial charge in [-0.1, -0.05) is 42.0 Å². The number of ether oxygens (including phenoxy) is 2. The minimum atomic E-state index is -1.30. The number of methoxy groups -OCH3 is 1. The second-order valence-corrected chi connectivity index (χ2v) is 5.18. The van der Waals surface area contributed by atoms with Gasteiger partial charge in [0.1, 0.15) is 12.4 Å². The normalized spacial score (nSPS) is 11.8. The van der Waals surface area contributed by atoms with Crippen molar-refractivity contribution in [2.24, 2.45) is 0 Å². The maximum Gasteiger partial charge on any atom is 0.339 e. The summed E-state index contributed by atoms with van der Waals surface area (Å²) in [7, 11) is 1.25. The first-order valence-corrected chi connectivity index (χ1v) is 7.06. The highest BCUT2D eigenvalue weighted by molar-refractivity contribution is 5.76. The lowest BCUT2D eigenvalue weighted by Crippen LogP contribution is -2.16. The van der Waals surface area contributed by atoms with Crippen LogP contribution in [0.5, 0.6) is 5.75 Å². The molecule has 22 heavy (non-hydrogen) atoms. The Bertz CT molecular complexity index is 664. The van der Waals surface area contributed by atoms with Crippen LogP contribution in [-0.2, 0) is 16.1 Å². The third-order valence-electron chi connectivity index (χ3n) is 3.49. The Hall–Kier alpha value is -2.33. The van der Waals surface area contributed by atoms with E-state index in [1.54, 1.807) is 12.1 Å². The van der Waals surface area contributed by atoms with Gasteiger partial charge >= 0.3 is 5.97 Å². The maximum absolute atomic E-state index is 11.5. The fraction of sp³-hybridized carbons (Fsp3) is 0.278. The molecule has 0 bridgehead atoms. The number of aliphatic hydroxyl groups excluding tert-OH is 1. The molecule has 0 aromatic heterocycles. The van der Waals surface area contributed by atoms with E-state index in [9.17, 15) is 9.90 Å². The molecule has 0 aliphatic heterocycles. The molecule has 0 aliphatic rings. The number of hydrogen-bond acceptors (Lipinski definition) is 4. The van der Waals surface area contributed by atoms with E-state index in [-0.39, 0.29) is 6.61 Å². The molecule has 2 aromatic rings. The second kappa shape index (κ2) is 7.09. The van der Waals surface area contributed by atoms with Gasteiger partial charge < -0.3 is 14.6 Å². The Morgan fingerprint density at radius 3 is 2.59 bits per heavy atom. The summed E-state index contributed by atoms with van der Waals surface area (Å²) in [6, 6.07) is 13.1. The molecule has 0 unspecified atom stereocenters. The molecular formula is C18H20O4. The molecule has 1 atom stereocenters. The van der Waals surface area contributed by atoms with Gasteiger partial charge in [-0.25, -0.2) is 4.79 Å². The number of rotatable bonds is 5. The highest BCUT2D eigenvalue weighted by Crippen LogP contribution is 2.23. The summed E-state index contributed by atoms with van der Waals surface area (Å²) >= 11 is 0. The minimum absolute atomic E-state index is 0.272. The molecule has 0 saturated heterocycles. The molecule has 116 valence electrons. The van der Waals surface area contributed by atoms with Crippen LogP contribution in [-0.4, -0.2) is 18.2 Å². The number of carbonyl (C=O) groups is 1. The first kappa shape index (κ1) is 16.0. The van der Waals surface area contributed by atoms with Gasteiger partial charge in [0.05, 0.1) is 7.11 Å². The van der Waals surface area contributed by atoms with Crippen molar-refractivity contribution in [1.82, 2.24) is 0 Å². The molecule has 0 aliphatic carbocycles. The number of benzene rings is 2. The van der Waals surface area contributed by atoms with Crippen LogP contribution in [0.25, 0.3) is 0 Å². The maximum atomic E-state index is 11.5. The van der Waals surface area contributed by atoms with Crippen molar-refractivity contribution < 1.29 is 19.4 Å². The van der Waals surface area contributed by atoms with E-state index in [1.165, 1.54) is 12.7 Å². The zero-order valence-corrected chi connectivity index (χ0v) is 13.0. The van der Waals surface area contributed by atoms with Crippen LogP contribution >= 0.6 is 0 Å². The van der Waals surface area contributed by atoms with Gasteiger partial charge in [-0.05, 0) is 36.6 Å². The van der Waals surface area contributed by atoms with Gasteiger partial charge in [-0.2, -0.15) is 0 Å². The molecule has 0 heterocycles. The highest BCUT2D eigenvalue weighted by atomic mass is 16.5. The molecule has 0 radical (unpaired) electrons. The molecule has 0 spiro atoms.